The molecule has 0 saturated heterocycles. The number of hydrogen-bond acceptors (Lipinski definition) is 0. The van der Waals surface area contributed by atoms with Crippen LogP contribution >= 0.6 is 0 Å². The van der Waals surface area contributed by atoms with Gasteiger partial charge in [-0.05, 0) is 32.1 Å². The smallest absolute Gasteiger partial charge is 0.234 e. The summed E-state index contributed by atoms with van der Waals surface area (Å²) in [5.74, 6) is 1.60. The fourth-order valence-electron chi connectivity index (χ4n) is 5.09. The van der Waals surface area contributed by atoms with Crippen molar-refractivity contribution in [3.63, 3.8) is 0 Å². The topological polar surface area (TPSA) is 8.81 Å². The van der Waals surface area contributed by atoms with Gasteiger partial charge in [0.05, 0.1) is 13.1 Å². The Morgan fingerprint density at radius 1 is 0.515 bits per heavy atom. The molecule has 0 aromatic carbocycles. The van der Waals surface area contributed by atoms with Crippen LogP contribution in [0.4, 0.5) is 0 Å². The molecule has 0 fully saturated rings. The van der Waals surface area contributed by atoms with Gasteiger partial charge in [-0.2, -0.15) is 0 Å². The minimum Gasteiger partial charge on any atom is -0.234 e. The Kier molecular flexibility index (Phi) is 21.1. The summed E-state index contributed by atoms with van der Waals surface area (Å²) in [4.78, 5) is 0. The molecular formula is C31H61N2+. The van der Waals surface area contributed by atoms with Gasteiger partial charge >= 0.3 is 0 Å². The minimum absolute atomic E-state index is 1.22. The molecule has 2 heteroatoms. The summed E-state index contributed by atoms with van der Waals surface area (Å²) in [6, 6.07) is 0. The van der Waals surface area contributed by atoms with Crippen molar-refractivity contribution in [2.45, 2.75) is 182 Å². The number of imidazole rings is 1. The number of unbranched alkanes of at least 4 members (excludes halogenated alkanes) is 19. The van der Waals surface area contributed by atoms with Crippen molar-refractivity contribution in [3.05, 3.63) is 18.2 Å². The molecule has 0 spiro atoms. The van der Waals surface area contributed by atoms with E-state index in [1.807, 2.05) is 0 Å². The fraction of sp³-hybridized carbons (Fsp3) is 0.903. The number of hydrogen-bond donors (Lipinski definition) is 0. The van der Waals surface area contributed by atoms with Crippen molar-refractivity contribution in [2.75, 3.05) is 0 Å². The van der Waals surface area contributed by atoms with E-state index < -0.39 is 0 Å². The summed E-state index contributed by atoms with van der Waals surface area (Å²) in [5.41, 5.74) is 0. The second-order valence-electron chi connectivity index (χ2n) is 10.6. The number of rotatable bonds is 25. The molecule has 0 saturated carbocycles. The van der Waals surface area contributed by atoms with Crippen LogP contribution in [0.25, 0.3) is 0 Å². The summed E-state index contributed by atoms with van der Waals surface area (Å²) in [6.07, 6.45) is 37.0. The first-order chi connectivity index (χ1) is 16.3. The Morgan fingerprint density at radius 2 is 0.939 bits per heavy atom. The van der Waals surface area contributed by atoms with Crippen molar-refractivity contribution >= 4 is 0 Å². The molecule has 0 aliphatic rings. The van der Waals surface area contributed by atoms with Crippen LogP contribution in [0.15, 0.2) is 12.4 Å². The molecular weight excluding hydrogens is 400 g/mol. The number of aromatic nitrogens is 2. The van der Waals surface area contributed by atoms with Crippen LogP contribution in [-0.4, -0.2) is 4.57 Å². The highest BCUT2D eigenvalue weighted by atomic mass is 15.1. The zero-order valence-corrected chi connectivity index (χ0v) is 23.2. The lowest BCUT2D eigenvalue weighted by atomic mass is 10.1. The van der Waals surface area contributed by atoms with E-state index in [0.29, 0.717) is 0 Å². The molecule has 0 unspecified atom stereocenters. The van der Waals surface area contributed by atoms with Gasteiger partial charge in [0.15, 0.2) is 0 Å². The highest BCUT2D eigenvalue weighted by molar-refractivity contribution is 4.84. The van der Waals surface area contributed by atoms with Gasteiger partial charge in [-0.25, -0.2) is 9.13 Å². The van der Waals surface area contributed by atoms with Gasteiger partial charge < -0.3 is 0 Å². The molecule has 0 aliphatic heterocycles. The normalized spacial score (nSPS) is 11.5. The zero-order chi connectivity index (χ0) is 23.8. The van der Waals surface area contributed by atoms with E-state index in [1.54, 1.807) is 5.82 Å². The SMILES string of the molecule is CCCCCCCCCCCCC[n+]1ccn(CCCCCCC)c1CCCCCCCC. The van der Waals surface area contributed by atoms with Crippen LogP contribution in [0, 0.1) is 0 Å². The molecule has 0 bridgehead atoms. The molecule has 1 aromatic rings. The van der Waals surface area contributed by atoms with E-state index in [1.165, 1.54) is 161 Å². The van der Waals surface area contributed by atoms with Crippen LogP contribution in [-0.2, 0) is 19.5 Å². The third-order valence-corrected chi connectivity index (χ3v) is 7.35. The van der Waals surface area contributed by atoms with Crippen molar-refractivity contribution in [1.82, 2.24) is 4.57 Å². The second kappa shape index (κ2) is 23.0. The van der Waals surface area contributed by atoms with Crippen LogP contribution < -0.4 is 4.57 Å². The van der Waals surface area contributed by atoms with E-state index in [2.05, 4.69) is 42.3 Å². The molecule has 2 nitrogen and oxygen atoms in total. The van der Waals surface area contributed by atoms with Gasteiger partial charge in [0.1, 0.15) is 12.4 Å². The van der Waals surface area contributed by atoms with Gasteiger partial charge in [0.2, 0.25) is 0 Å². The lowest BCUT2D eigenvalue weighted by molar-refractivity contribution is -0.704. The molecule has 0 N–H and O–H groups in total. The molecule has 0 radical (unpaired) electrons. The molecule has 1 heterocycles. The van der Waals surface area contributed by atoms with Gasteiger partial charge in [0.25, 0.3) is 5.82 Å². The minimum atomic E-state index is 1.22. The summed E-state index contributed by atoms with van der Waals surface area (Å²) >= 11 is 0. The van der Waals surface area contributed by atoms with Crippen LogP contribution in [0.5, 0.6) is 0 Å². The van der Waals surface area contributed by atoms with Crippen molar-refractivity contribution in [1.29, 1.82) is 0 Å². The predicted octanol–water partition coefficient (Wildman–Crippen LogP) is 9.96. The molecule has 0 aliphatic carbocycles. The highest BCUT2D eigenvalue weighted by Gasteiger charge is 2.16. The second-order valence-corrected chi connectivity index (χ2v) is 10.6. The molecule has 0 amide bonds. The summed E-state index contributed by atoms with van der Waals surface area (Å²) in [5, 5.41) is 0. The van der Waals surface area contributed by atoms with E-state index in [-0.39, 0.29) is 0 Å². The van der Waals surface area contributed by atoms with E-state index in [4.69, 9.17) is 0 Å². The maximum atomic E-state index is 2.60. The zero-order valence-electron chi connectivity index (χ0n) is 23.2. The lowest BCUT2D eigenvalue weighted by Gasteiger charge is -2.07. The number of nitrogens with zero attached hydrogens (tertiary/aromatic N) is 2. The highest BCUT2D eigenvalue weighted by Crippen LogP contribution is 2.13. The van der Waals surface area contributed by atoms with Gasteiger partial charge in [-0.1, -0.05) is 130 Å². The monoisotopic (exact) mass is 461 g/mol. The summed E-state index contributed by atoms with van der Waals surface area (Å²) in [7, 11) is 0. The van der Waals surface area contributed by atoms with E-state index in [0.717, 1.165) is 0 Å². The molecule has 1 aromatic heterocycles. The average Bonchev–Trinajstić information content (AvgIpc) is 3.21. The number of aryl methyl sites for hydroxylation is 2. The molecule has 0 atom stereocenters. The van der Waals surface area contributed by atoms with E-state index >= 15 is 0 Å². The van der Waals surface area contributed by atoms with Crippen molar-refractivity contribution in [2.24, 2.45) is 0 Å². The van der Waals surface area contributed by atoms with Crippen LogP contribution in [0.3, 0.4) is 0 Å². The maximum Gasteiger partial charge on any atom is 0.256 e. The molecule has 194 valence electrons. The molecule has 1 rings (SSSR count). The Balaban J connectivity index is 2.31. The Labute approximate surface area is 208 Å². The average molecular weight is 462 g/mol. The quantitative estimate of drug-likeness (QED) is 0.101. The first-order valence-corrected chi connectivity index (χ1v) is 15.4. The maximum absolute atomic E-state index is 2.60. The summed E-state index contributed by atoms with van der Waals surface area (Å²) < 4.78 is 5.20. The van der Waals surface area contributed by atoms with Crippen molar-refractivity contribution < 1.29 is 4.57 Å². The first kappa shape index (κ1) is 30.2. The fourth-order valence-corrected chi connectivity index (χ4v) is 5.09. The largest absolute Gasteiger partial charge is 0.256 e. The first-order valence-electron chi connectivity index (χ1n) is 15.4. The van der Waals surface area contributed by atoms with E-state index in [9.17, 15) is 0 Å². The van der Waals surface area contributed by atoms with Crippen molar-refractivity contribution in [3.8, 4) is 0 Å². The third kappa shape index (κ3) is 16.5. The van der Waals surface area contributed by atoms with Crippen LogP contribution in [0.1, 0.15) is 168 Å². The Hall–Kier alpha value is -0.790. The van der Waals surface area contributed by atoms with Gasteiger partial charge in [0, 0.05) is 6.42 Å². The standard InChI is InChI=1S/C31H61N2/c1-4-7-10-13-15-16-17-18-19-22-25-28-33-30-29-32(27-24-21-12-9-6-3)31(33)26-23-20-14-11-8-5-2/h29-30H,4-28H2,1-3H3/q+1. The van der Waals surface area contributed by atoms with Crippen LogP contribution in [0.2, 0.25) is 0 Å². The molecule has 33 heavy (non-hydrogen) atoms. The third-order valence-electron chi connectivity index (χ3n) is 7.35. The Bertz CT molecular complexity index is 519. The lowest BCUT2D eigenvalue weighted by Crippen LogP contribution is -2.37. The predicted molar refractivity (Wildman–Crippen MR) is 147 cm³/mol. The summed E-state index contributed by atoms with van der Waals surface area (Å²) in [6.45, 7) is 9.37. The van der Waals surface area contributed by atoms with Gasteiger partial charge in [-0.3, -0.25) is 0 Å². The Morgan fingerprint density at radius 3 is 1.45 bits per heavy atom. The van der Waals surface area contributed by atoms with Gasteiger partial charge in [-0.15, -0.1) is 0 Å².